The summed E-state index contributed by atoms with van der Waals surface area (Å²) in [5.74, 6) is -0.537. The van der Waals surface area contributed by atoms with E-state index >= 15 is 0 Å². The van der Waals surface area contributed by atoms with E-state index in [1.54, 1.807) is 23.1 Å². The molecule has 2 saturated heterocycles. The predicted molar refractivity (Wildman–Crippen MR) is 80.2 cm³/mol. The van der Waals surface area contributed by atoms with Gasteiger partial charge in [-0.15, -0.1) is 12.4 Å². The summed E-state index contributed by atoms with van der Waals surface area (Å²) in [6.45, 7) is 1.80. The van der Waals surface area contributed by atoms with Crippen LogP contribution < -0.4 is 16.6 Å². The highest BCUT2D eigenvalue weighted by molar-refractivity contribution is 5.85. The van der Waals surface area contributed by atoms with Gasteiger partial charge in [-0.05, 0) is 12.5 Å². The molecule has 2 aliphatic heterocycles. The molecule has 2 heterocycles. The van der Waals surface area contributed by atoms with E-state index in [9.17, 15) is 9.18 Å². The van der Waals surface area contributed by atoms with Gasteiger partial charge in [-0.3, -0.25) is 10.2 Å². The molecule has 1 amide bonds. The van der Waals surface area contributed by atoms with Crippen LogP contribution in [0.25, 0.3) is 0 Å². The first-order chi connectivity index (χ1) is 9.66. The predicted octanol–water partition coefficient (Wildman–Crippen LogP) is 0.572. The van der Waals surface area contributed by atoms with Crippen molar-refractivity contribution in [3.63, 3.8) is 0 Å². The lowest BCUT2D eigenvalue weighted by Gasteiger charge is -2.24. The molecular weight excluding hydrogens is 295 g/mol. The first kappa shape index (κ1) is 16.2. The fourth-order valence-electron chi connectivity index (χ4n) is 2.97. The highest BCUT2D eigenvalue weighted by Crippen LogP contribution is 2.29. The molecule has 5 nitrogen and oxygen atoms in total. The normalized spacial score (nSPS) is 28.5. The third-order valence-electron chi connectivity index (χ3n) is 4.08. The molecule has 0 aliphatic carbocycles. The second kappa shape index (κ2) is 6.70. The number of benzene rings is 1. The smallest absolute Gasteiger partial charge is 0.229 e. The van der Waals surface area contributed by atoms with Gasteiger partial charge in [0.05, 0.1) is 12.0 Å². The van der Waals surface area contributed by atoms with Crippen molar-refractivity contribution in [1.29, 1.82) is 0 Å². The number of rotatable bonds is 2. The van der Waals surface area contributed by atoms with Gasteiger partial charge in [-0.25, -0.2) is 9.82 Å². The van der Waals surface area contributed by atoms with Crippen LogP contribution in [0.2, 0.25) is 0 Å². The van der Waals surface area contributed by atoms with Crippen LogP contribution >= 0.6 is 12.4 Å². The number of hydrazine groups is 1. The van der Waals surface area contributed by atoms with Gasteiger partial charge < -0.3 is 10.6 Å². The van der Waals surface area contributed by atoms with Crippen molar-refractivity contribution in [2.75, 3.05) is 19.6 Å². The van der Waals surface area contributed by atoms with Crippen LogP contribution in [0.15, 0.2) is 24.3 Å². The SMILES string of the molecule is Cl.N[C@@H]1CCN(C(=O)C2CNNC2c2ccccc2F)C1. The maximum Gasteiger partial charge on any atom is 0.229 e. The van der Waals surface area contributed by atoms with E-state index in [0.717, 1.165) is 6.42 Å². The Balaban J connectivity index is 0.00000161. The van der Waals surface area contributed by atoms with Crippen LogP contribution in [-0.4, -0.2) is 36.5 Å². The number of nitrogens with zero attached hydrogens (tertiary/aromatic N) is 1. The topological polar surface area (TPSA) is 70.4 Å². The molecule has 0 aromatic heterocycles. The van der Waals surface area contributed by atoms with E-state index < -0.39 is 0 Å². The Bertz CT molecular complexity index is 516. The zero-order valence-corrected chi connectivity index (χ0v) is 12.4. The van der Waals surface area contributed by atoms with Crippen molar-refractivity contribution < 1.29 is 9.18 Å². The molecule has 21 heavy (non-hydrogen) atoms. The zero-order chi connectivity index (χ0) is 14.1. The maximum atomic E-state index is 13.9. The number of carbonyl (C=O) groups is 1. The standard InChI is InChI=1S/C14H19FN4O.ClH/c15-12-4-2-1-3-10(12)13-11(7-17-18-13)14(20)19-6-5-9(16)8-19;/h1-4,9,11,13,17-18H,5-8,16H2;1H/t9-,11?,13?;/m1./s1. The highest BCUT2D eigenvalue weighted by atomic mass is 35.5. The van der Waals surface area contributed by atoms with Gasteiger partial charge in [0, 0.05) is 31.2 Å². The zero-order valence-electron chi connectivity index (χ0n) is 11.6. The molecule has 1 aromatic rings. The minimum absolute atomic E-state index is 0. The highest BCUT2D eigenvalue weighted by Gasteiger charge is 2.39. The van der Waals surface area contributed by atoms with Gasteiger partial charge in [0.25, 0.3) is 0 Å². The van der Waals surface area contributed by atoms with E-state index in [-0.39, 0.29) is 42.1 Å². The monoisotopic (exact) mass is 314 g/mol. The van der Waals surface area contributed by atoms with Gasteiger partial charge >= 0.3 is 0 Å². The summed E-state index contributed by atoms with van der Waals surface area (Å²) in [6, 6.07) is 6.30. The van der Waals surface area contributed by atoms with Crippen molar-refractivity contribution in [1.82, 2.24) is 15.8 Å². The number of likely N-dealkylation sites (tertiary alicyclic amines) is 1. The average molecular weight is 315 g/mol. The van der Waals surface area contributed by atoms with E-state index in [1.807, 2.05) is 0 Å². The summed E-state index contributed by atoms with van der Waals surface area (Å²) < 4.78 is 13.9. The van der Waals surface area contributed by atoms with Gasteiger partial charge in [-0.2, -0.15) is 0 Å². The van der Waals surface area contributed by atoms with E-state index in [4.69, 9.17) is 5.73 Å². The summed E-state index contributed by atoms with van der Waals surface area (Å²) in [6.07, 6.45) is 0.837. The Kier molecular flexibility index (Phi) is 5.16. The van der Waals surface area contributed by atoms with Gasteiger partial charge in [0.15, 0.2) is 0 Å². The number of hydrogen-bond donors (Lipinski definition) is 3. The molecule has 1 aromatic carbocycles. The average Bonchev–Trinajstić information content (AvgIpc) is 3.07. The fourth-order valence-corrected chi connectivity index (χ4v) is 2.97. The first-order valence-corrected chi connectivity index (χ1v) is 6.94. The molecule has 2 fully saturated rings. The minimum atomic E-state index is -0.333. The van der Waals surface area contributed by atoms with Crippen LogP contribution in [0.5, 0.6) is 0 Å². The molecule has 2 aliphatic rings. The maximum absolute atomic E-state index is 13.9. The largest absolute Gasteiger partial charge is 0.341 e. The molecule has 0 radical (unpaired) electrons. The van der Waals surface area contributed by atoms with Crippen molar-refractivity contribution in [2.45, 2.75) is 18.5 Å². The molecule has 4 N–H and O–H groups in total. The number of carbonyl (C=O) groups excluding carboxylic acids is 1. The van der Waals surface area contributed by atoms with E-state index in [1.165, 1.54) is 6.07 Å². The van der Waals surface area contributed by atoms with Crippen LogP contribution in [-0.2, 0) is 4.79 Å². The quantitative estimate of drug-likeness (QED) is 0.746. The molecule has 0 spiro atoms. The van der Waals surface area contributed by atoms with Crippen LogP contribution in [0, 0.1) is 11.7 Å². The first-order valence-electron chi connectivity index (χ1n) is 6.94. The van der Waals surface area contributed by atoms with Gasteiger partial charge in [-0.1, -0.05) is 18.2 Å². The molecule has 0 saturated carbocycles. The third-order valence-corrected chi connectivity index (χ3v) is 4.08. The Labute approximate surface area is 129 Å². The summed E-state index contributed by atoms with van der Waals surface area (Å²) in [5, 5.41) is 0. The van der Waals surface area contributed by atoms with Crippen LogP contribution in [0.4, 0.5) is 4.39 Å². The Morgan fingerprint density at radius 2 is 2.14 bits per heavy atom. The van der Waals surface area contributed by atoms with Crippen molar-refractivity contribution in [3.05, 3.63) is 35.6 Å². The minimum Gasteiger partial charge on any atom is -0.341 e. The Morgan fingerprint density at radius 3 is 2.81 bits per heavy atom. The van der Waals surface area contributed by atoms with Crippen molar-refractivity contribution >= 4 is 18.3 Å². The summed E-state index contributed by atoms with van der Waals surface area (Å²) in [7, 11) is 0. The lowest BCUT2D eigenvalue weighted by atomic mass is 9.93. The summed E-state index contributed by atoms with van der Waals surface area (Å²) in [4.78, 5) is 14.3. The second-order valence-electron chi connectivity index (χ2n) is 5.46. The molecule has 2 unspecified atom stereocenters. The van der Waals surface area contributed by atoms with Crippen LogP contribution in [0.1, 0.15) is 18.0 Å². The molecular formula is C14H20ClFN4O. The lowest BCUT2D eigenvalue weighted by molar-refractivity contribution is -0.134. The number of halogens is 2. The second-order valence-corrected chi connectivity index (χ2v) is 5.46. The lowest BCUT2D eigenvalue weighted by Crippen LogP contribution is -2.39. The van der Waals surface area contributed by atoms with Crippen molar-refractivity contribution in [3.8, 4) is 0 Å². The Morgan fingerprint density at radius 1 is 1.38 bits per heavy atom. The number of hydrogen-bond acceptors (Lipinski definition) is 4. The Hall–Kier alpha value is -1.21. The number of nitrogens with two attached hydrogens (primary N) is 1. The van der Waals surface area contributed by atoms with Crippen LogP contribution in [0.3, 0.4) is 0 Å². The number of nitrogens with one attached hydrogen (secondary N) is 2. The summed E-state index contributed by atoms with van der Waals surface area (Å²) >= 11 is 0. The van der Waals surface area contributed by atoms with Gasteiger partial charge in [0.2, 0.25) is 5.91 Å². The number of amides is 1. The molecule has 7 heteroatoms. The molecule has 3 atom stereocenters. The fraction of sp³-hybridized carbons (Fsp3) is 0.500. The molecule has 3 rings (SSSR count). The van der Waals surface area contributed by atoms with E-state index in [0.29, 0.717) is 25.2 Å². The van der Waals surface area contributed by atoms with E-state index in [2.05, 4.69) is 10.9 Å². The van der Waals surface area contributed by atoms with Crippen molar-refractivity contribution in [2.24, 2.45) is 11.7 Å². The third kappa shape index (κ3) is 3.18. The molecule has 0 bridgehead atoms. The van der Waals surface area contributed by atoms with Gasteiger partial charge in [0.1, 0.15) is 5.82 Å². The molecule has 116 valence electrons. The summed E-state index contributed by atoms with van der Waals surface area (Å²) in [5.41, 5.74) is 12.4.